The summed E-state index contributed by atoms with van der Waals surface area (Å²) in [6.45, 7) is 8.48. The highest BCUT2D eigenvalue weighted by atomic mass is 32.2. The van der Waals surface area contributed by atoms with Crippen LogP contribution in [-0.4, -0.2) is 46.6 Å². The lowest BCUT2D eigenvalue weighted by atomic mass is 10.0. The second-order valence-corrected chi connectivity index (χ2v) is 9.29. The van der Waals surface area contributed by atoms with E-state index >= 15 is 0 Å². The van der Waals surface area contributed by atoms with Crippen LogP contribution >= 0.6 is 0 Å². The molecule has 2 aromatic carbocycles. The Labute approximate surface area is 190 Å². The smallest absolute Gasteiger partial charge is 0.260 e. The Hall–Kier alpha value is -3.07. The van der Waals surface area contributed by atoms with Crippen molar-refractivity contribution in [2.45, 2.75) is 33.6 Å². The monoisotopic (exact) mass is 461 g/mol. The lowest BCUT2D eigenvalue weighted by Crippen LogP contribution is -2.39. The Bertz CT molecular complexity index is 1030. The largest absolute Gasteiger partial charge is 0.490 e. The Morgan fingerprint density at radius 2 is 1.69 bits per heavy atom. The molecule has 1 N–H and O–H groups in total. The maximum Gasteiger partial charge on any atom is 0.260 e. The highest BCUT2D eigenvalue weighted by Crippen LogP contribution is 2.28. The van der Waals surface area contributed by atoms with Crippen molar-refractivity contribution in [1.29, 1.82) is 0 Å². The molecule has 0 aliphatic rings. The molecule has 0 unspecified atom stereocenters. The van der Waals surface area contributed by atoms with Gasteiger partial charge in [-0.3, -0.25) is 9.10 Å². The Morgan fingerprint density at radius 3 is 2.25 bits per heavy atom. The number of carbonyl (C=O) groups excluding carboxylic acids is 1. The number of nitrogens with one attached hydrogen (secondary N) is 1. The minimum absolute atomic E-state index is 0.319. The van der Waals surface area contributed by atoms with E-state index in [1.807, 2.05) is 26.0 Å². The third-order valence-electron chi connectivity index (χ3n) is 4.51. The van der Waals surface area contributed by atoms with Crippen LogP contribution < -0.4 is 19.2 Å². The lowest BCUT2D eigenvalue weighted by Gasteiger charge is -2.21. The van der Waals surface area contributed by atoms with Crippen LogP contribution in [0.1, 0.15) is 44.7 Å². The molecule has 2 aromatic rings. The highest BCUT2D eigenvalue weighted by molar-refractivity contribution is 7.92. The molecule has 0 aliphatic heterocycles. The van der Waals surface area contributed by atoms with Crippen LogP contribution in [0.5, 0.6) is 11.5 Å². The maximum absolute atomic E-state index is 12.4. The number of hydrogen-bond donors (Lipinski definition) is 1. The predicted molar refractivity (Wildman–Crippen MR) is 127 cm³/mol. The van der Waals surface area contributed by atoms with Crippen LogP contribution in [0.2, 0.25) is 0 Å². The third kappa shape index (κ3) is 7.26. The normalized spacial score (nSPS) is 11.6. The SMILES string of the molecule is CCOc1ccc(/C=N\NC(=O)CN(c2ccc(C(C)C)cc2)S(C)(=O)=O)cc1OCC. The standard InChI is InChI=1S/C23H31N3O5S/c1-6-30-21-13-8-18(14-22(21)31-7-2)15-24-25-23(27)16-26(32(5,28)29)20-11-9-19(10-12-20)17(3)4/h8-15,17H,6-7,16H2,1-5H3,(H,25,27)/b24-15-. The van der Waals surface area contributed by atoms with Crippen molar-refractivity contribution >= 4 is 27.8 Å². The summed E-state index contributed by atoms with van der Waals surface area (Å²) in [6, 6.07) is 12.4. The topological polar surface area (TPSA) is 97.3 Å². The van der Waals surface area contributed by atoms with Gasteiger partial charge < -0.3 is 9.47 Å². The summed E-state index contributed by atoms with van der Waals surface area (Å²) in [4.78, 5) is 12.4. The fourth-order valence-electron chi connectivity index (χ4n) is 2.92. The zero-order valence-electron chi connectivity index (χ0n) is 19.2. The van der Waals surface area contributed by atoms with E-state index < -0.39 is 15.9 Å². The number of carbonyl (C=O) groups is 1. The Kier molecular flexibility index (Phi) is 9.07. The van der Waals surface area contributed by atoms with Crippen LogP contribution in [0.25, 0.3) is 0 Å². The number of ether oxygens (including phenoxy) is 2. The van der Waals surface area contributed by atoms with Gasteiger partial charge in [0.15, 0.2) is 11.5 Å². The van der Waals surface area contributed by atoms with Crippen molar-refractivity contribution in [2.24, 2.45) is 5.10 Å². The van der Waals surface area contributed by atoms with E-state index in [1.54, 1.807) is 30.3 Å². The second kappa shape index (κ2) is 11.5. The fraction of sp³-hybridized carbons (Fsp3) is 0.391. The first kappa shape index (κ1) is 25.2. The van der Waals surface area contributed by atoms with E-state index in [0.29, 0.717) is 41.9 Å². The highest BCUT2D eigenvalue weighted by Gasteiger charge is 2.20. The van der Waals surface area contributed by atoms with E-state index in [9.17, 15) is 13.2 Å². The van der Waals surface area contributed by atoms with Crippen molar-refractivity contribution < 1.29 is 22.7 Å². The molecule has 0 saturated carbocycles. The van der Waals surface area contributed by atoms with E-state index in [-0.39, 0.29) is 6.54 Å². The predicted octanol–water partition coefficient (Wildman–Crippen LogP) is 3.52. The summed E-state index contributed by atoms with van der Waals surface area (Å²) in [6.07, 6.45) is 2.52. The summed E-state index contributed by atoms with van der Waals surface area (Å²) in [5.74, 6) is 0.968. The second-order valence-electron chi connectivity index (χ2n) is 7.38. The molecule has 0 aliphatic carbocycles. The molecule has 0 aromatic heterocycles. The number of anilines is 1. The van der Waals surface area contributed by atoms with Crippen LogP contribution in [0.15, 0.2) is 47.6 Å². The van der Waals surface area contributed by atoms with Gasteiger partial charge in [-0.1, -0.05) is 26.0 Å². The molecule has 0 bridgehead atoms. The van der Waals surface area contributed by atoms with Crippen molar-refractivity contribution in [3.05, 3.63) is 53.6 Å². The zero-order valence-corrected chi connectivity index (χ0v) is 20.0. The van der Waals surface area contributed by atoms with E-state index in [2.05, 4.69) is 24.4 Å². The number of hydrogen-bond acceptors (Lipinski definition) is 6. The first-order chi connectivity index (χ1) is 15.2. The van der Waals surface area contributed by atoms with Gasteiger partial charge in [-0.15, -0.1) is 0 Å². The molecular weight excluding hydrogens is 430 g/mol. The average molecular weight is 462 g/mol. The molecule has 0 radical (unpaired) electrons. The van der Waals surface area contributed by atoms with Gasteiger partial charge in [0.1, 0.15) is 6.54 Å². The number of sulfonamides is 1. The van der Waals surface area contributed by atoms with Crippen LogP contribution in [-0.2, 0) is 14.8 Å². The molecule has 0 fully saturated rings. The van der Waals surface area contributed by atoms with Gasteiger partial charge in [0.05, 0.1) is 31.4 Å². The third-order valence-corrected chi connectivity index (χ3v) is 5.65. The summed E-state index contributed by atoms with van der Waals surface area (Å²) in [5, 5.41) is 3.94. The summed E-state index contributed by atoms with van der Waals surface area (Å²) < 4.78 is 36.6. The van der Waals surface area contributed by atoms with Gasteiger partial charge in [0.25, 0.3) is 5.91 Å². The van der Waals surface area contributed by atoms with E-state index in [0.717, 1.165) is 16.1 Å². The Balaban J connectivity index is 2.09. The van der Waals surface area contributed by atoms with Crippen LogP contribution in [0.3, 0.4) is 0 Å². The molecule has 0 heterocycles. The molecule has 9 heteroatoms. The van der Waals surface area contributed by atoms with Gasteiger partial charge in [-0.25, -0.2) is 13.8 Å². The number of benzene rings is 2. The van der Waals surface area contributed by atoms with Crippen LogP contribution in [0.4, 0.5) is 5.69 Å². The fourth-order valence-corrected chi connectivity index (χ4v) is 3.77. The van der Waals surface area contributed by atoms with Gasteiger partial charge in [0.2, 0.25) is 10.0 Å². The Morgan fingerprint density at radius 1 is 1.06 bits per heavy atom. The zero-order chi connectivity index (χ0) is 23.7. The first-order valence-corrected chi connectivity index (χ1v) is 12.3. The summed E-state index contributed by atoms with van der Waals surface area (Å²) in [5.41, 5.74) is 4.57. The van der Waals surface area contributed by atoms with E-state index in [4.69, 9.17) is 9.47 Å². The summed E-state index contributed by atoms with van der Waals surface area (Å²) in [7, 11) is -3.66. The molecule has 1 amide bonds. The number of rotatable bonds is 11. The molecular formula is C23H31N3O5S. The molecule has 174 valence electrons. The molecule has 0 spiro atoms. The number of amides is 1. The number of nitrogens with zero attached hydrogens (tertiary/aromatic N) is 2. The minimum Gasteiger partial charge on any atom is -0.490 e. The van der Waals surface area contributed by atoms with Gasteiger partial charge in [-0.2, -0.15) is 5.10 Å². The van der Waals surface area contributed by atoms with Crippen molar-refractivity contribution in [3.63, 3.8) is 0 Å². The van der Waals surface area contributed by atoms with Gasteiger partial charge >= 0.3 is 0 Å². The molecule has 8 nitrogen and oxygen atoms in total. The van der Waals surface area contributed by atoms with Gasteiger partial charge in [0, 0.05) is 0 Å². The first-order valence-electron chi connectivity index (χ1n) is 10.4. The lowest BCUT2D eigenvalue weighted by molar-refractivity contribution is -0.119. The average Bonchev–Trinajstić information content (AvgIpc) is 2.73. The number of hydrazone groups is 1. The van der Waals surface area contributed by atoms with Crippen molar-refractivity contribution in [1.82, 2.24) is 5.43 Å². The maximum atomic E-state index is 12.4. The van der Waals surface area contributed by atoms with E-state index in [1.165, 1.54) is 6.21 Å². The summed E-state index contributed by atoms with van der Waals surface area (Å²) >= 11 is 0. The minimum atomic E-state index is -3.66. The van der Waals surface area contributed by atoms with Crippen LogP contribution in [0, 0.1) is 0 Å². The molecule has 2 rings (SSSR count). The van der Waals surface area contributed by atoms with Gasteiger partial charge in [-0.05, 0) is 61.2 Å². The van der Waals surface area contributed by atoms with Crippen molar-refractivity contribution in [2.75, 3.05) is 30.3 Å². The molecule has 0 atom stereocenters. The van der Waals surface area contributed by atoms with Crippen molar-refractivity contribution in [3.8, 4) is 11.5 Å². The molecule has 32 heavy (non-hydrogen) atoms. The quantitative estimate of drug-likeness (QED) is 0.408. The molecule has 0 saturated heterocycles.